The van der Waals surface area contributed by atoms with Gasteiger partial charge in [-0.05, 0) is 78.9 Å². The molecule has 1 aliphatic heterocycles. The van der Waals surface area contributed by atoms with Crippen LogP contribution in [0.25, 0.3) is 42.7 Å². The standard InChI is InChI=1S/C39H43N2OS/c1-22(2)20-24-14-18-29-25(21-24)15-19-30-32-28(37(7)38(8,41(29)30)39(37,42-9)40-23(3)4)17-16-27-33(32)35-34(36(27,5)6)26-12-10-11-13-31(26)43-35/h10-19,21-23,40H,20H2,1-9H3/q+1. The molecular formula is C39H43N2OS+. The first kappa shape index (κ1) is 27.5. The molecule has 1 N–H and O–H groups in total. The van der Waals surface area contributed by atoms with Crippen LogP contribution in [0.3, 0.4) is 0 Å². The molecule has 3 atom stereocenters. The van der Waals surface area contributed by atoms with Crippen molar-refractivity contribution in [3.8, 4) is 21.7 Å². The summed E-state index contributed by atoms with van der Waals surface area (Å²) in [6.07, 6.45) is 1.09. The van der Waals surface area contributed by atoms with Crippen LogP contribution in [0.5, 0.6) is 0 Å². The van der Waals surface area contributed by atoms with E-state index in [1.807, 2.05) is 18.4 Å². The minimum absolute atomic E-state index is 0.0769. The van der Waals surface area contributed by atoms with Crippen LogP contribution < -0.4 is 9.88 Å². The minimum Gasteiger partial charge on any atom is -0.356 e. The first-order valence-corrected chi connectivity index (χ1v) is 16.8. The summed E-state index contributed by atoms with van der Waals surface area (Å²) in [6.45, 7) is 18.8. The van der Waals surface area contributed by atoms with Gasteiger partial charge in [0.25, 0.3) is 0 Å². The molecule has 0 saturated heterocycles. The Hall–Kier alpha value is -3.05. The van der Waals surface area contributed by atoms with Gasteiger partial charge in [0.1, 0.15) is 5.41 Å². The second-order valence-electron chi connectivity index (χ2n) is 14.8. The summed E-state index contributed by atoms with van der Waals surface area (Å²) in [7, 11) is 1.90. The second-order valence-corrected chi connectivity index (χ2v) is 15.8. The topological polar surface area (TPSA) is 25.1 Å². The van der Waals surface area contributed by atoms with Gasteiger partial charge in [0.15, 0.2) is 0 Å². The van der Waals surface area contributed by atoms with Gasteiger partial charge >= 0.3 is 0 Å². The molecule has 0 bridgehead atoms. The van der Waals surface area contributed by atoms with Gasteiger partial charge < -0.3 is 4.74 Å². The predicted molar refractivity (Wildman–Crippen MR) is 180 cm³/mol. The zero-order valence-corrected chi connectivity index (χ0v) is 27.8. The molecule has 2 aliphatic carbocycles. The number of nitrogens with one attached hydrogen (secondary N) is 1. The summed E-state index contributed by atoms with van der Waals surface area (Å²) >= 11 is 1.96. The Bertz CT molecular complexity index is 2000. The van der Waals surface area contributed by atoms with E-state index in [0.717, 1.165) is 6.42 Å². The first-order valence-electron chi connectivity index (χ1n) is 15.9. The lowest BCUT2D eigenvalue weighted by Gasteiger charge is -2.28. The van der Waals surface area contributed by atoms with E-state index in [1.54, 1.807) is 0 Å². The molecule has 4 heteroatoms. The van der Waals surface area contributed by atoms with E-state index in [-0.39, 0.29) is 22.4 Å². The molecule has 3 unspecified atom stereocenters. The number of hydrogen-bond donors (Lipinski definition) is 1. The lowest BCUT2D eigenvalue weighted by Crippen LogP contribution is -2.58. The largest absolute Gasteiger partial charge is 0.356 e. The van der Waals surface area contributed by atoms with Crippen molar-refractivity contribution in [2.24, 2.45) is 5.92 Å². The van der Waals surface area contributed by atoms with Crippen LogP contribution in [-0.2, 0) is 27.5 Å². The van der Waals surface area contributed by atoms with Gasteiger partial charge in [0.05, 0.1) is 5.56 Å². The second kappa shape index (κ2) is 8.56. The maximum Gasteiger partial charge on any atom is 0.223 e. The smallest absolute Gasteiger partial charge is 0.223 e. The third-order valence-corrected chi connectivity index (χ3v) is 12.5. The molecule has 1 fully saturated rings. The molecule has 5 aromatic rings. The normalized spacial score (nSPS) is 26.0. The molecule has 220 valence electrons. The lowest BCUT2D eigenvalue weighted by atomic mass is 9.77. The van der Waals surface area contributed by atoms with Crippen LogP contribution in [0.15, 0.2) is 66.7 Å². The third-order valence-electron chi connectivity index (χ3n) is 11.3. The fourth-order valence-corrected chi connectivity index (χ4v) is 10.9. The van der Waals surface area contributed by atoms with Gasteiger partial charge in [-0.25, -0.2) is 0 Å². The number of hydrogen-bond acceptors (Lipinski definition) is 3. The van der Waals surface area contributed by atoms with Gasteiger partial charge in [0.2, 0.25) is 22.5 Å². The molecule has 1 saturated carbocycles. The Morgan fingerprint density at radius 1 is 0.860 bits per heavy atom. The highest BCUT2D eigenvalue weighted by Gasteiger charge is 2.94. The van der Waals surface area contributed by atoms with E-state index in [0.29, 0.717) is 5.92 Å². The number of pyridine rings is 1. The lowest BCUT2D eigenvalue weighted by molar-refractivity contribution is -0.714. The highest BCUT2D eigenvalue weighted by atomic mass is 32.1. The van der Waals surface area contributed by atoms with Crippen molar-refractivity contribution < 1.29 is 9.30 Å². The first-order chi connectivity index (χ1) is 20.4. The molecule has 3 nitrogen and oxygen atoms in total. The monoisotopic (exact) mass is 587 g/mol. The van der Waals surface area contributed by atoms with Crippen molar-refractivity contribution in [1.29, 1.82) is 0 Å². The van der Waals surface area contributed by atoms with Crippen molar-refractivity contribution >= 4 is 32.3 Å². The Morgan fingerprint density at radius 3 is 2.33 bits per heavy atom. The average Bonchev–Trinajstić information content (AvgIpc) is 3.21. The fraction of sp³-hybridized carbons (Fsp3) is 0.410. The number of nitrogens with zero attached hydrogens (tertiary/aromatic N) is 1. The number of aromatic nitrogens is 1. The SMILES string of the molecule is COC1(NC(C)C)C2(C)c3ccc4c(c3-c3ccc5cc(CC(C)C)ccc5[n+]3C12C)-c1sc2ccccc2c1C4(C)C. The molecule has 0 spiro atoms. The maximum atomic E-state index is 6.70. The van der Waals surface area contributed by atoms with Crippen molar-refractivity contribution in [2.45, 2.75) is 89.9 Å². The van der Waals surface area contributed by atoms with Gasteiger partial charge in [-0.2, -0.15) is 4.57 Å². The number of thiophene rings is 1. The zero-order valence-electron chi connectivity index (χ0n) is 27.0. The minimum atomic E-state index is -0.560. The van der Waals surface area contributed by atoms with Crippen molar-refractivity contribution in [2.75, 3.05) is 7.11 Å². The van der Waals surface area contributed by atoms with E-state index in [9.17, 15) is 0 Å². The molecule has 2 aromatic heterocycles. The molecule has 3 heterocycles. The summed E-state index contributed by atoms with van der Waals surface area (Å²) in [6, 6.07) is 26.0. The number of fused-ring (bicyclic) bond motifs is 14. The van der Waals surface area contributed by atoms with Crippen LogP contribution >= 0.6 is 11.3 Å². The van der Waals surface area contributed by atoms with Crippen molar-refractivity contribution in [3.05, 3.63) is 89.0 Å². The van der Waals surface area contributed by atoms with Crippen LogP contribution in [0.4, 0.5) is 0 Å². The molecule has 8 rings (SSSR count). The predicted octanol–water partition coefficient (Wildman–Crippen LogP) is 8.85. The molecule has 0 amide bonds. The maximum absolute atomic E-state index is 6.70. The average molecular weight is 588 g/mol. The summed E-state index contributed by atoms with van der Waals surface area (Å²) < 4.78 is 10.7. The Labute approximate surface area is 259 Å². The number of rotatable bonds is 5. The van der Waals surface area contributed by atoms with Crippen molar-refractivity contribution in [1.82, 2.24) is 5.32 Å². The van der Waals surface area contributed by atoms with Crippen molar-refractivity contribution in [3.63, 3.8) is 0 Å². The van der Waals surface area contributed by atoms with E-state index in [4.69, 9.17) is 4.74 Å². The Morgan fingerprint density at radius 2 is 1.60 bits per heavy atom. The summed E-state index contributed by atoms with van der Waals surface area (Å²) in [5.74, 6) is 0.622. The molecule has 3 aromatic carbocycles. The van der Waals surface area contributed by atoms with Gasteiger partial charge in [-0.1, -0.05) is 64.1 Å². The summed E-state index contributed by atoms with van der Waals surface area (Å²) in [4.78, 5) is 1.43. The zero-order chi connectivity index (χ0) is 30.3. The number of methoxy groups -OCH3 is 1. The van der Waals surface area contributed by atoms with Gasteiger partial charge in [0, 0.05) is 58.1 Å². The van der Waals surface area contributed by atoms with Crippen LogP contribution in [0, 0.1) is 5.92 Å². The van der Waals surface area contributed by atoms with E-state index < -0.39 is 5.72 Å². The third kappa shape index (κ3) is 3.05. The van der Waals surface area contributed by atoms with Crippen LogP contribution in [-0.4, -0.2) is 18.9 Å². The molecule has 43 heavy (non-hydrogen) atoms. The fourth-order valence-electron chi connectivity index (χ4n) is 9.44. The molecule has 3 aliphatic rings. The molecular weight excluding hydrogens is 545 g/mol. The van der Waals surface area contributed by atoms with Crippen LogP contribution in [0.2, 0.25) is 0 Å². The van der Waals surface area contributed by atoms with Gasteiger partial charge in [-0.15, -0.1) is 11.3 Å². The molecule has 0 radical (unpaired) electrons. The summed E-state index contributed by atoms with van der Waals surface area (Å²) in [5, 5.41) is 6.66. The van der Waals surface area contributed by atoms with E-state index in [2.05, 4.69) is 132 Å². The Balaban J connectivity index is 1.51. The van der Waals surface area contributed by atoms with Gasteiger partial charge in [-0.3, -0.25) is 5.32 Å². The van der Waals surface area contributed by atoms with E-state index >= 15 is 0 Å². The Kier molecular flexibility index (Phi) is 5.47. The van der Waals surface area contributed by atoms with Crippen LogP contribution in [0.1, 0.15) is 77.6 Å². The quantitative estimate of drug-likeness (QED) is 0.164. The highest BCUT2D eigenvalue weighted by molar-refractivity contribution is 7.22. The summed E-state index contributed by atoms with van der Waals surface area (Å²) in [5.41, 5.74) is 9.84. The number of benzene rings is 3. The van der Waals surface area contributed by atoms with E-state index in [1.165, 1.54) is 64.9 Å². The highest BCUT2D eigenvalue weighted by Crippen LogP contribution is 2.73. The number of ether oxygens (including phenoxy) is 1.